The van der Waals surface area contributed by atoms with Crippen molar-refractivity contribution in [3.63, 3.8) is 0 Å². The SMILES string of the molecule is C#CC(C)(C)Nc1c([N+](=O)[O-])c(C)nn1C. The molecule has 16 heavy (non-hydrogen) atoms. The monoisotopic (exact) mass is 222 g/mol. The van der Waals surface area contributed by atoms with Gasteiger partial charge in [-0.1, -0.05) is 5.92 Å². The molecule has 6 nitrogen and oxygen atoms in total. The second-order valence-corrected chi connectivity index (χ2v) is 4.06. The van der Waals surface area contributed by atoms with Crippen LogP contribution in [-0.2, 0) is 7.05 Å². The maximum atomic E-state index is 10.9. The van der Waals surface area contributed by atoms with Crippen molar-refractivity contribution in [1.82, 2.24) is 9.78 Å². The van der Waals surface area contributed by atoms with Crippen LogP contribution in [0, 0.1) is 29.4 Å². The second-order valence-electron chi connectivity index (χ2n) is 4.06. The summed E-state index contributed by atoms with van der Waals surface area (Å²) in [6.07, 6.45) is 5.33. The zero-order valence-corrected chi connectivity index (χ0v) is 9.74. The molecular weight excluding hydrogens is 208 g/mol. The number of rotatable bonds is 3. The average molecular weight is 222 g/mol. The Labute approximate surface area is 93.8 Å². The van der Waals surface area contributed by atoms with Crippen molar-refractivity contribution in [2.45, 2.75) is 26.3 Å². The van der Waals surface area contributed by atoms with E-state index in [2.05, 4.69) is 16.3 Å². The van der Waals surface area contributed by atoms with Crippen LogP contribution in [0.5, 0.6) is 0 Å². The number of aryl methyl sites for hydroxylation is 2. The average Bonchev–Trinajstić information content (AvgIpc) is 2.41. The van der Waals surface area contributed by atoms with E-state index in [-0.39, 0.29) is 5.69 Å². The van der Waals surface area contributed by atoms with Gasteiger partial charge in [0.05, 0.1) is 10.5 Å². The zero-order valence-electron chi connectivity index (χ0n) is 9.74. The van der Waals surface area contributed by atoms with Crippen LogP contribution < -0.4 is 5.32 Å². The predicted molar refractivity (Wildman–Crippen MR) is 61.1 cm³/mol. The van der Waals surface area contributed by atoms with Crippen LogP contribution in [0.2, 0.25) is 0 Å². The van der Waals surface area contributed by atoms with Crippen molar-refractivity contribution in [2.24, 2.45) is 7.05 Å². The van der Waals surface area contributed by atoms with Crippen LogP contribution in [0.15, 0.2) is 0 Å². The first-order chi connectivity index (χ1) is 7.28. The molecule has 0 aromatic carbocycles. The standard InChI is InChI=1S/C10H14N4O2/c1-6-10(3,4)11-9-8(14(15)16)7(2)12-13(9)5/h1,11H,2-5H3. The highest BCUT2D eigenvalue weighted by Gasteiger charge is 2.27. The van der Waals surface area contributed by atoms with E-state index in [1.54, 1.807) is 27.8 Å². The van der Waals surface area contributed by atoms with Gasteiger partial charge >= 0.3 is 5.69 Å². The molecule has 0 bridgehead atoms. The highest BCUT2D eigenvalue weighted by Crippen LogP contribution is 2.29. The molecule has 0 aliphatic heterocycles. The third-order valence-corrected chi connectivity index (χ3v) is 2.16. The third-order valence-electron chi connectivity index (χ3n) is 2.16. The minimum Gasteiger partial charge on any atom is -0.349 e. The number of hydrogen-bond acceptors (Lipinski definition) is 4. The van der Waals surface area contributed by atoms with Crippen molar-refractivity contribution < 1.29 is 4.92 Å². The van der Waals surface area contributed by atoms with Gasteiger partial charge in [-0.05, 0) is 20.8 Å². The van der Waals surface area contributed by atoms with Crippen LogP contribution in [0.3, 0.4) is 0 Å². The lowest BCUT2D eigenvalue weighted by molar-refractivity contribution is -0.384. The summed E-state index contributed by atoms with van der Waals surface area (Å²) in [6, 6.07) is 0. The molecule has 1 heterocycles. The topological polar surface area (TPSA) is 73.0 Å². The Balaban J connectivity index is 3.24. The summed E-state index contributed by atoms with van der Waals surface area (Å²) >= 11 is 0. The molecule has 86 valence electrons. The summed E-state index contributed by atoms with van der Waals surface area (Å²) < 4.78 is 1.42. The van der Waals surface area contributed by atoms with Crippen molar-refractivity contribution >= 4 is 11.5 Å². The summed E-state index contributed by atoms with van der Waals surface area (Å²) in [5.74, 6) is 2.84. The maximum Gasteiger partial charge on any atom is 0.333 e. The summed E-state index contributed by atoms with van der Waals surface area (Å²) in [6.45, 7) is 5.12. The van der Waals surface area contributed by atoms with E-state index in [1.165, 1.54) is 4.68 Å². The van der Waals surface area contributed by atoms with Gasteiger partial charge in [0.25, 0.3) is 0 Å². The zero-order chi connectivity index (χ0) is 12.5. The van der Waals surface area contributed by atoms with Gasteiger partial charge in [0.15, 0.2) is 0 Å². The number of aromatic nitrogens is 2. The summed E-state index contributed by atoms with van der Waals surface area (Å²) in [4.78, 5) is 10.4. The lowest BCUT2D eigenvalue weighted by Crippen LogP contribution is -2.30. The maximum absolute atomic E-state index is 10.9. The summed E-state index contributed by atoms with van der Waals surface area (Å²) in [7, 11) is 1.63. The van der Waals surface area contributed by atoms with Gasteiger partial charge in [0, 0.05) is 7.05 Å². The van der Waals surface area contributed by atoms with E-state index < -0.39 is 10.5 Å². The minimum absolute atomic E-state index is 0.0363. The molecule has 0 aliphatic carbocycles. The first kappa shape index (κ1) is 12.0. The molecule has 0 saturated heterocycles. The minimum atomic E-state index is -0.662. The van der Waals surface area contributed by atoms with Crippen LogP contribution in [0.4, 0.5) is 11.5 Å². The summed E-state index contributed by atoms with van der Waals surface area (Å²) in [5, 5.41) is 17.8. The van der Waals surface area contributed by atoms with Crippen LogP contribution >= 0.6 is 0 Å². The van der Waals surface area contributed by atoms with Gasteiger partial charge < -0.3 is 5.32 Å². The number of anilines is 1. The fourth-order valence-corrected chi connectivity index (χ4v) is 1.34. The number of nitro groups is 1. The van der Waals surface area contributed by atoms with Gasteiger partial charge in [-0.25, -0.2) is 4.68 Å². The Bertz CT molecular complexity index is 468. The molecule has 0 radical (unpaired) electrons. The van der Waals surface area contributed by atoms with Gasteiger partial charge in [-0.2, -0.15) is 5.10 Å². The van der Waals surface area contributed by atoms with Gasteiger partial charge in [-0.3, -0.25) is 10.1 Å². The molecule has 0 amide bonds. The van der Waals surface area contributed by atoms with Crippen molar-refractivity contribution in [2.75, 3.05) is 5.32 Å². The molecule has 0 aliphatic rings. The Morgan fingerprint density at radius 1 is 1.62 bits per heavy atom. The smallest absolute Gasteiger partial charge is 0.333 e. The number of hydrogen-bond donors (Lipinski definition) is 1. The normalized spacial score (nSPS) is 10.9. The largest absolute Gasteiger partial charge is 0.349 e. The summed E-state index contributed by atoms with van der Waals surface area (Å²) in [5.41, 5.74) is -0.334. The van der Waals surface area contributed by atoms with Gasteiger partial charge in [0.2, 0.25) is 5.82 Å². The van der Waals surface area contributed by atoms with E-state index >= 15 is 0 Å². The van der Waals surface area contributed by atoms with E-state index in [4.69, 9.17) is 6.42 Å². The van der Waals surface area contributed by atoms with Crippen molar-refractivity contribution in [1.29, 1.82) is 0 Å². The number of nitrogens with one attached hydrogen (secondary N) is 1. The predicted octanol–water partition coefficient (Wildman–Crippen LogP) is 1.46. The molecule has 1 aromatic heterocycles. The molecule has 0 fully saturated rings. The second kappa shape index (κ2) is 3.85. The quantitative estimate of drug-likeness (QED) is 0.477. The van der Waals surface area contributed by atoms with E-state index in [9.17, 15) is 10.1 Å². The van der Waals surface area contributed by atoms with Crippen LogP contribution in [-0.4, -0.2) is 20.2 Å². The molecule has 0 spiro atoms. The number of nitrogens with zero attached hydrogens (tertiary/aromatic N) is 3. The lowest BCUT2D eigenvalue weighted by atomic mass is 10.1. The molecule has 0 atom stereocenters. The van der Waals surface area contributed by atoms with Gasteiger partial charge in [-0.15, -0.1) is 6.42 Å². The third kappa shape index (κ3) is 2.14. The van der Waals surface area contributed by atoms with E-state index in [1.807, 2.05) is 0 Å². The molecule has 6 heteroatoms. The van der Waals surface area contributed by atoms with Crippen molar-refractivity contribution in [3.8, 4) is 12.3 Å². The first-order valence-corrected chi connectivity index (χ1v) is 4.72. The Hall–Kier alpha value is -2.03. The fraction of sp³-hybridized carbons (Fsp3) is 0.500. The lowest BCUT2D eigenvalue weighted by Gasteiger charge is -2.20. The number of terminal acetylenes is 1. The molecular formula is C10H14N4O2. The molecule has 0 saturated carbocycles. The van der Waals surface area contributed by atoms with E-state index in [0.717, 1.165) is 0 Å². The molecule has 1 rings (SSSR count). The molecule has 1 N–H and O–H groups in total. The Morgan fingerprint density at radius 2 is 2.19 bits per heavy atom. The molecule has 0 unspecified atom stereocenters. The fourth-order valence-electron chi connectivity index (χ4n) is 1.34. The highest BCUT2D eigenvalue weighted by molar-refractivity contribution is 5.61. The molecule has 1 aromatic rings. The van der Waals surface area contributed by atoms with Crippen molar-refractivity contribution in [3.05, 3.63) is 15.8 Å². The van der Waals surface area contributed by atoms with E-state index in [0.29, 0.717) is 11.5 Å². The highest BCUT2D eigenvalue weighted by atomic mass is 16.6. The first-order valence-electron chi connectivity index (χ1n) is 4.72. The van der Waals surface area contributed by atoms with Crippen LogP contribution in [0.1, 0.15) is 19.5 Å². The van der Waals surface area contributed by atoms with Crippen LogP contribution in [0.25, 0.3) is 0 Å². The Morgan fingerprint density at radius 3 is 2.62 bits per heavy atom. The Kier molecular flexibility index (Phi) is 2.90. The van der Waals surface area contributed by atoms with Gasteiger partial charge in [0.1, 0.15) is 5.69 Å².